The molecular formula is C19H38N2. The molecule has 0 amide bonds. The van der Waals surface area contributed by atoms with E-state index < -0.39 is 0 Å². The molecule has 1 saturated heterocycles. The van der Waals surface area contributed by atoms with Crippen LogP contribution in [0.4, 0.5) is 0 Å². The minimum Gasteiger partial charge on any atom is -0.311 e. The van der Waals surface area contributed by atoms with Gasteiger partial charge in [-0.25, -0.2) is 0 Å². The van der Waals surface area contributed by atoms with Crippen LogP contribution in [0.5, 0.6) is 0 Å². The maximum atomic E-state index is 3.81. The van der Waals surface area contributed by atoms with Gasteiger partial charge in [0.25, 0.3) is 0 Å². The van der Waals surface area contributed by atoms with Crippen LogP contribution in [0.2, 0.25) is 0 Å². The number of nitrogens with one attached hydrogen (secondary N) is 1. The van der Waals surface area contributed by atoms with Gasteiger partial charge < -0.3 is 5.32 Å². The van der Waals surface area contributed by atoms with Crippen molar-refractivity contribution in [3.63, 3.8) is 0 Å². The third-order valence-corrected chi connectivity index (χ3v) is 5.57. The molecule has 1 heterocycles. The Morgan fingerprint density at radius 3 is 2.43 bits per heavy atom. The summed E-state index contributed by atoms with van der Waals surface area (Å²) in [5.41, 5.74) is 0.802. The molecule has 0 aromatic carbocycles. The highest BCUT2D eigenvalue weighted by atomic mass is 15.2. The van der Waals surface area contributed by atoms with Crippen LogP contribution in [0.25, 0.3) is 0 Å². The number of likely N-dealkylation sites (tertiary alicyclic amines) is 1. The Balaban J connectivity index is 1.97. The average Bonchev–Trinajstić information content (AvgIpc) is 2.88. The molecule has 2 heteroatoms. The van der Waals surface area contributed by atoms with Crippen molar-refractivity contribution in [2.75, 3.05) is 19.6 Å². The monoisotopic (exact) mass is 294 g/mol. The zero-order valence-corrected chi connectivity index (χ0v) is 15.0. The van der Waals surface area contributed by atoms with Crippen LogP contribution in [-0.2, 0) is 0 Å². The van der Waals surface area contributed by atoms with E-state index in [4.69, 9.17) is 0 Å². The van der Waals surface area contributed by atoms with Crippen molar-refractivity contribution in [1.82, 2.24) is 10.2 Å². The van der Waals surface area contributed by atoms with Gasteiger partial charge in [-0.15, -0.1) is 0 Å². The molecule has 21 heavy (non-hydrogen) atoms. The van der Waals surface area contributed by atoms with Crippen LogP contribution in [-0.4, -0.2) is 36.1 Å². The summed E-state index contributed by atoms with van der Waals surface area (Å²) in [5.74, 6) is 0. The van der Waals surface area contributed by atoms with E-state index in [1.165, 1.54) is 77.4 Å². The van der Waals surface area contributed by atoms with Crippen LogP contribution in [0.15, 0.2) is 0 Å². The number of hydrogen-bond donors (Lipinski definition) is 1. The predicted molar refractivity (Wildman–Crippen MR) is 92.8 cm³/mol. The summed E-state index contributed by atoms with van der Waals surface area (Å²) in [4.78, 5) is 2.86. The normalized spacial score (nSPS) is 27.1. The summed E-state index contributed by atoms with van der Waals surface area (Å²) in [6.45, 7) is 13.2. The van der Waals surface area contributed by atoms with Crippen LogP contribution in [0.3, 0.4) is 0 Å². The Bertz CT molecular complexity index is 297. The van der Waals surface area contributed by atoms with Crippen LogP contribution in [0.1, 0.15) is 85.5 Å². The minimum atomic E-state index is 0.250. The lowest BCUT2D eigenvalue weighted by Gasteiger charge is -2.43. The summed E-state index contributed by atoms with van der Waals surface area (Å²) in [6, 6.07) is 0.871. The second-order valence-electron chi connectivity index (χ2n) is 8.72. The first-order valence-corrected chi connectivity index (χ1v) is 9.43. The van der Waals surface area contributed by atoms with Crippen LogP contribution in [0, 0.1) is 5.41 Å². The van der Waals surface area contributed by atoms with Gasteiger partial charge in [0.05, 0.1) is 0 Å². The Morgan fingerprint density at radius 1 is 1.10 bits per heavy atom. The fourth-order valence-corrected chi connectivity index (χ4v) is 4.33. The molecule has 0 bridgehead atoms. The smallest absolute Gasteiger partial charge is 0.00967 e. The van der Waals surface area contributed by atoms with Crippen molar-refractivity contribution >= 4 is 0 Å². The second kappa shape index (κ2) is 7.46. The molecule has 1 aliphatic carbocycles. The van der Waals surface area contributed by atoms with E-state index in [0.29, 0.717) is 5.41 Å². The lowest BCUT2D eigenvalue weighted by atomic mass is 9.83. The fraction of sp³-hybridized carbons (Fsp3) is 1.00. The van der Waals surface area contributed by atoms with Crippen LogP contribution >= 0.6 is 0 Å². The molecule has 1 N–H and O–H groups in total. The summed E-state index contributed by atoms with van der Waals surface area (Å²) in [7, 11) is 0. The zero-order valence-electron chi connectivity index (χ0n) is 15.0. The SMILES string of the molecule is CCCC1CCCCN1CC1(CNC(C)(C)C)CCCC1. The summed E-state index contributed by atoms with van der Waals surface area (Å²) in [6.07, 6.45) is 12.8. The third kappa shape index (κ3) is 5.25. The summed E-state index contributed by atoms with van der Waals surface area (Å²) in [5, 5.41) is 3.81. The molecule has 0 radical (unpaired) electrons. The van der Waals surface area contributed by atoms with Crippen molar-refractivity contribution in [3.8, 4) is 0 Å². The first-order valence-electron chi connectivity index (χ1n) is 9.43. The molecule has 124 valence electrons. The highest BCUT2D eigenvalue weighted by Gasteiger charge is 2.38. The molecule has 2 nitrogen and oxygen atoms in total. The third-order valence-electron chi connectivity index (χ3n) is 5.57. The molecule has 0 spiro atoms. The lowest BCUT2D eigenvalue weighted by molar-refractivity contribution is 0.0728. The number of rotatable bonds is 6. The first kappa shape index (κ1) is 17.3. The van der Waals surface area contributed by atoms with Crippen molar-refractivity contribution in [2.24, 2.45) is 5.41 Å². The molecular weight excluding hydrogens is 256 g/mol. The molecule has 2 rings (SSSR count). The minimum absolute atomic E-state index is 0.250. The molecule has 0 aromatic rings. The number of hydrogen-bond acceptors (Lipinski definition) is 2. The zero-order chi connectivity index (χ0) is 15.3. The number of nitrogens with zero attached hydrogens (tertiary/aromatic N) is 1. The van der Waals surface area contributed by atoms with Crippen molar-refractivity contribution < 1.29 is 0 Å². The fourth-order valence-electron chi connectivity index (χ4n) is 4.33. The maximum absolute atomic E-state index is 3.81. The van der Waals surface area contributed by atoms with Gasteiger partial charge in [0.15, 0.2) is 0 Å². The average molecular weight is 295 g/mol. The predicted octanol–water partition coefficient (Wildman–Crippen LogP) is 4.59. The molecule has 0 aromatic heterocycles. The topological polar surface area (TPSA) is 15.3 Å². The van der Waals surface area contributed by atoms with Gasteiger partial charge in [0.1, 0.15) is 0 Å². The summed E-state index contributed by atoms with van der Waals surface area (Å²) >= 11 is 0. The van der Waals surface area contributed by atoms with Crippen molar-refractivity contribution in [1.29, 1.82) is 0 Å². The number of piperidine rings is 1. The second-order valence-corrected chi connectivity index (χ2v) is 8.72. The Hall–Kier alpha value is -0.0800. The van der Waals surface area contributed by atoms with Gasteiger partial charge in [0.2, 0.25) is 0 Å². The van der Waals surface area contributed by atoms with Crippen LogP contribution < -0.4 is 5.32 Å². The van der Waals surface area contributed by atoms with E-state index >= 15 is 0 Å². The Labute approximate surface area is 133 Å². The quantitative estimate of drug-likeness (QED) is 0.771. The van der Waals surface area contributed by atoms with E-state index in [-0.39, 0.29) is 5.54 Å². The van der Waals surface area contributed by atoms with Gasteiger partial charge in [-0.05, 0) is 64.8 Å². The van der Waals surface area contributed by atoms with Gasteiger partial charge in [-0.3, -0.25) is 4.90 Å². The molecule has 2 aliphatic rings. The van der Waals surface area contributed by atoms with Crippen molar-refractivity contribution in [3.05, 3.63) is 0 Å². The van der Waals surface area contributed by atoms with E-state index in [1.54, 1.807) is 0 Å². The van der Waals surface area contributed by atoms with E-state index in [2.05, 4.69) is 37.9 Å². The van der Waals surface area contributed by atoms with E-state index in [9.17, 15) is 0 Å². The Kier molecular flexibility index (Phi) is 6.14. The van der Waals surface area contributed by atoms with Gasteiger partial charge >= 0.3 is 0 Å². The lowest BCUT2D eigenvalue weighted by Crippen LogP contribution is -2.51. The molecule has 1 aliphatic heterocycles. The first-order chi connectivity index (χ1) is 9.94. The highest BCUT2D eigenvalue weighted by molar-refractivity contribution is 4.93. The van der Waals surface area contributed by atoms with Crippen molar-refractivity contribution in [2.45, 2.75) is 97.1 Å². The molecule has 1 atom stereocenters. The Morgan fingerprint density at radius 2 is 1.81 bits per heavy atom. The van der Waals surface area contributed by atoms with Gasteiger partial charge in [0, 0.05) is 24.7 Å². The largest absolute Gasteiger partial charge is 0.311 e. The molecule has 1 saturated carbocycles. The van der Waals surface area contributed by atoms with Gasteiger partial charge in [-0.1, -0.05) is 32.6 Å². The molecule has 1 unspecified atom stereocenters. The van der Waals surface area contributed by atoms with Gasteiger partial charge in [-0.2, -0.15) is 0 Å². The van der Waals surface area contributed by atoms with E-state index in [0.717, 1.165) is 6.04 Å². The summed E-state index contributed by atoms with van der Waals surface area (Å²) < 4.78 is 0. The molecule has 2 fully saturated rings. The highest BCUT2D eigenvalue weighted by Crippen LogP contribution is 2.40. The van der Waals surface area contributed by atoms with E-state index in [1.807, 2.05) is 0 Å². The maximum Gasteiger partial charge on any atom is 0.00967 e. The standard InChI is InChI=1S/C19H38N2/c1-5-10-17-11-6-9-14-21(17)16-19(12-7-8-13-19)15-20-18(2,3)4/h17,20H,5-16H2,1-4H3.